The summed E-state index contributed by atoms with van der Waals surface area (Å²) in [6.45, 7) is 9.93. The largest absolute Gasteiger partial charge is 0.343 e. The molecular formula is C33H37N7O2. The molecule has 0 saturated carbocycles. The van der Waals surface area contributed by atoms with Crippen molar-refractivity contribution in [3.8, 4) is 11.4 Å². The van der Waals surface area contributed by atoms with E-state index < -0.39 is 0 Å². The molecule has 2 amide bonds. The minimum absolute atomic E-state index is 0.0192. The number of piperazine rings is 1. The van der Waals surface area contributed by atoms with E-state index in [1.807, 2.05) is 87.7 Å². The normalized spacial score (nSPS) is 15.9. The van der Waals surface area contributed by atoms with Crippen LogP contribution in [-0.2, 0) is 10.2 Å². The van der Waals surface area contributed by atoms with E-state index in [1.54, 1.807) is 4.90 Å². The summed E-state index contributed by atoms with van der Waals surface area (Å²) in [5.74, 6) is 0.805. The number of benzene rings is 3. The Bertz CT molecular complexity index is 1590. The molecule has 1 unspecified atom stereocenters. The van der Waals surface area contributed by atoms with Crippen molar-refractivity contribution in [3.05, 3.63) is 95.3 Å². The minimum Gasteiger partial charge on any atom is -0.343 e. The summed E-state index contributed by atoms with van der Waals surface area (Å²) in [4.78, 5) is 42.9. The highest BCUT2D eigenvalue weighted by Crippen LogP contribution is 2.29. The van der Waals surface area contributed by atoms with Crippen molar-refractivity contribution in [3.63, 3.8) is 0 Å². The molecule has 9 nitrogen and oxygen atoms in total. The van der Waals surface area contributed by atoms with Crippen molar-refractivity contribution in [2.75, 3.05) is 37.8 Å². The summed E-state index contributed by atoms with van der Waals surface area (Å²) >= 11 is 0. The Hall–Kier alpha value is -4.63. The van der Waals surface area contributed by atoms with Gasteiger partial charge < -0.3 is 15.5 Å². The first-order chi connectivity index (χ1) is 20.0. The van der Waals surface area contributed by atoms with E-state index >= 15 is 0 Å². The Morgan fingerprint density at radius 1 is 0.929 bits per heavy atom. The molecule has 2 heterocycles. The maximum absolute atomic E-state index is 13.0. The fourth-order valence-corrected chi connectivity index (χ4v) is 5.03. The molecule has 9 heteroatoms. The summed E-state index contributed by atoms with van der Waals surface area (Å²) in [5, 5.41) is 6.27. The molecule has 216 valence electrons. The average Bonchev–Trinajstić information content (AvgIpc) is 2.97. The molecular weight excluding hydrogens is 526 g/mol. The van der Waals surface area contributed by atoms with E-state index in [9.17, 15) is 9.59 Å². The zero-order valence-electron chi connectivity index (χ0n) is 25.0. The van der Waals surface area contributed by atoms with Gasteiger partial charge in [-0.3, -0.25) is 14.5 Å². The van der Waals surface area contributed by atoms with Gasteiger partial charge >= 0.3 is 0 Å². The van der Waals surface area contributed by atoms with Crippen LogP contribution >= 0.6 is 0 Å². The third-order valence-electron chi connectivity index (χ3n) is 7.73. The van der Waals surface area contributed by atoms with Crippen LogP contribution in [-0.4, -0.2) is 63.8 Å². The molecule has 1 aliphatic heterocycles. The van der Waals surface area contributed by atoms with Crippen molar-refractivity contribution in [2.24, 2.45) is 0 Å². The maximum atomic E-state index is 13.0. The van der Waals surface area contributed by atoms with Gasteiger partial charge in [-0.1, -0.05) is 57.2 Å². The van der Waals surface area contributed by atoms with Crippen LogP contribution in [0, 0.1) is 6.92 Å². The van der Waals surface area contributed by atoms with Crippen molar-refractivity contribution in [1.82, 2.24) is 24.8 Å². The number of hydrogen-bond donors (Lipinski definition) is 2. The number of hydrogen-bond acceptors (Lipinski definition) is 7. The quantitative estimate of drug-likeness (QED) is 0.315. The lowest BCUT2D eigenvalue weighted by Crippen LogP contribution is -2.48. The van der Waals surface area contributed by atoms with Crippen LogP contribution in [0.1, 0.15) is 53.9 Å². The summed E-state index contributed by atoms with van der Waals surface area (Å²) in [6, 6.07) is 20.8. The van der Waals surface area contributed by atoms with Gasteiger partial charge in [-0.15, -0.1) is 0 Å². The van der Waals surface area contributed by atoms with Crippen LogP contribution in [0.5, 0.6) is 0 Å². The molecule has 1 aliphatic rings. The van der Waals surface area contributed by atoms with Crippen LogP contribution in [0.3, 0.4) is 0 Å². The second-order valence-corrected chi connectivity index (χ2v) is 11.8. The number of likely N-dealkylation sites (N-methyl/N-ethyl adjacent to an activating group) is 2. The number of nitrogens with zero attached hydrogens (tertiary/aromatic N) is 5. The Balaban J connectivity index is 1.31. The highest BCUT2D eigenvalue weighted by Gasteiger charge is 2.31. The van der Waals surface area contributed by atoms with E-state index in [0.29, 0.717) is 23.0 Å². The van der Waals surface area contributed by atoms with Crippen molar-refractivity contribution < 1.29 is 9.59 Å². The standard InChI is InChI=1S/C33H37N7O2/c1-21-26(8-7-9-27(21)37-30(41)23-10-14-24(15-11-23)33(2,3)4)29-34-20-35-32(38-29)36-25-16-12-22(13-17-25)28-31(42)40(6)19-18-39(28)5/h7-17,20,28H,18-19H2,1-6H3,(H,37,41)(H,34,35,36,38). The lowest BCUT2D eigenvalue weighted by molar-refractivity contribution is -0.139. The van der Waals surface area contributed by atoms with Gasteiger partial charge in [0.05, 0.1) is 0 Å². The van der Waals surface area contributed by atoms with E-state index in [-0.39, 0.29) is 23.3 Å². The Kier molecular flexibility index (Phi) is 8.04. The topological polar surface area (TPSA) is 103 Å². The lowest BCUT2D eigenvalue weighted by atomic mass is 9.86. The molecule has 0 aliphatic carbocycles. The molecule has 5 rings (SSSR count). The zero-order valence-corrected chi connectivity index (χ0v) is 25.0. The number of anilines is 3. The minimum atomic E-state index is -0.292. The maximum Gasteiger partial charge on any atom is 0.255 e. The molecule has 0 radical (unpaired) electrons. The molecule has 0 spiro atoms. The molecule has 3 aromatic carbocycles. The molecule has 4 aromatic rings. The predicted molar refractivity (Wildman–Crippen MR) is 166 cm³/mol. The smallest absolute Gasteiger partial charge is 0.255 e. The summed E-state index contributed by atoms with van der Waals surface area (Å²) in [6.07, 6.45) is 1.46. The molecule has 42 heavy (non-hydrogen) atoms. The van der Waals surface area contributed by atoms with Gasteiger partial charge in [0, 0.05) is 42.6 Å². The van der Waals surface area contributed by atoms with Gasteiger partial charge in [0.1, 0.15) is 12.4 Å². The Morgan fingerprint density at radius 2 is 1.64 bits per heavy atom. The fourth-order valence-electron chi connectivity index (χ4n) is 5.03. The fraction of sp³-hybridized carbons (Fsp3) is 0.303. The number of nitrogens with one attached hydrogen (secondary N) is 2. The van der Waals surface area contributed by atoms with Gasteiger partial charge in [-0.05, 0) is 66.4 Å². The predicted octanol–water partition coefficient (Wildman–Crippen LogP) is 5.59. The SMILES string of the molecule is Cc1c(NC(=O)c2ccc(C(C)(C)C)cc2)cccc1-c1ncnc(Nc2ccc(C3C(=O)N(C)CCN3C)cc2)n1. The lowest BCUT2D eigenvalue weighted by Gasteiger charge is -2.37. The number of aromatic nitrogens is 3. The summed E-state index contributed by atoms with van der Waals surface area (Å²) < 4.78 is 0. The van der Waals surface area contributed by atoms with E-state index in [4.69, 9.17) is 0 Å². The first kappa shape index (κ1) is 28.9. The monoisotopic (exact) mass is 563 g/mol. The van der Waals surface area contributed by atoms with Crippen LogP contribution in [0.4, 0.5) is 17.3 Å². The van der Waals surface area contributed by atoms with E-state index in [1.165, 1.54) is 11.9 Å². The van der Waals surface area contributed by atoms with Crippen molar-refractivity contribution >= 4 is 29.1 Å². The van der Waals surface area contributed by atoms with Crippen LogP contribution < -0.4 is 10.6 Å². The van der Waals surface area contributed by atoms with E-state index in [2.05, 4.69) is 51.3 Å². The molecule has 0 bridgehead atoms. The molecule has 2 N–H and O–H groups in total. The summed E-state index contributed by atoms with van der Waals surface area (Å²) in [5.41, 5.74) is 5.86. The van der Waals surface area contributed by atoms with Gasteiger partial charge in [0.15, 0.2) is 5.82 Å². The average molecular weight is 564 g/mol. The van der Waals surface area contributed by atoms with Crippen LogP contribution in [0.25, 0.3) is 11.4 Å². The Morgan fingerprint density at radius 3 is 2.33 bits per heavy atom. The highest BCUT2D eigenvalue weighted by atomic mass is 16.2. The van der Waals surface area contributed by atoms with E-state index in [0.717, 1.165) is 35.5 Å². The third kappa shape index (κ3) is 6.16. The number of carbonyl (C=O) groups is 2. The second kappa shape index (κ2) is 11.7. The molecule has 1 atom stereocenters. The molecule has 1 fully saturated rings. The first-order valence-electron chi connectivity index (χ1n) is 14.0. The van der Waals surface area contributed by atoms with Crippen LogP contribution in [0.2, 0.25) is 0 Å². The number of amides is 2. The first-order valence-corrected chi connectivity index (χ1v) is 14.0. The van der Waals surface area contributed by atoms with Gasteiger partial charge in [0.2, 0.25) is 11.9 Å². The highest BCUT2D eigenvalue weighted by molar-refractivity contribution is 6.05. The molecule has 1 saturated heterocycles. The summed E-state index contributed by atoms with van der Waals surface area (Å²) in [7, 11) is 3.81. The van der Waals surface area contributed by atoms with Crippen molar-refractivity contribution in [1.29, 1.82) is 0 Å². The number of carbonyl (C=O) groups excluding carboxylic acids is 2. The number of rotatable bonds is 6. The second-order valence-electron chi connectivity index (χ2n) is 11.8. The van der Waals surface area contributed by atoms with Crippen molar-refractivity contribution in [2.45, 2.75) is 39.2 Å². The zero-order chi connectivity index (χ0) is 30.0. The van der Waals surface area contributed by atoms with Gasteiger partial charge in [-0.25, -0.2) is 9.97 Å². The van der Waals surface area contributed by atoms with Crippen LogP contribution in [0.15, 0.2) is 73.1 Å². The molecule has 1 aromatic heterocycles. The van der Waals surface area contributed by atoms with Gasteiger partial charge in [0.25, 0.3) is 5.91 Å². The third-order valence-corrected chi connectivity index (χ3v) is 7.73. The Labute approximate surface area is 247 Å². The van der Waals surface area contributed by atoms with Gasteiger partial charge in [-0.2, -0.15) is 4.98 Å².